The third kappa shape index (κ3) is 7.03. The maximum atomic E-state index is 10.4. The van der Waals surface area contributed by atoms with Crippen molar-refractivity contribution >= 4 is 5.97 Å². The molecule has 0 saturated heterocycles. The van der Waals surface area contributed by atoms with Crippen molar-refractivity contribution in [2.45, 2.75) is 77.6 Å². The number of H-pyrrole nitrogens is 1. The summed E-state index contributed by atoms with van der Waals surface area (Å²) in [7, 11) is 0. The van der Waals surface area contributed by atoms with Gasteiger partial charge in [0.25, 0.3) is 5.82 Å². The lowest BCUT2D eigenvalue weighted by atomic mass is 10.1. The lowest BCUT2D eigenvalue weighted by molar-refractivity contribution is -0.609. The quantitative estimate of drug-likeness (QED) is 0.386. The second kappa shape index (κ2) is 11.5. The molecule has 2 aromatic rings. The Hall–Kier alpha value is -2.10. The average molecular weight is 358 g/mol. The average Bonchev–Trinajstić information content (AvgIpc) is 3.00. The number of rotatable bonds is 13. The molecule has 0 aliphatic carbocycles. The number of carboxylic acids is 1. The van der Waals surface area contributed by atoms with Gasteiger partial charge in [-0.2, -0.15) is 4.57 Å². The number of imidazole rings is 1. The highest BCUT2D eigenvalue weighted by Gasteiger charge is 2.15. The van der Waals surface area contributed by atoms with Crippen LogP contribution in [0.25, 0.3) is 5.69 Å². The van der Waals surface area contributed by atoms with E-state index in [2.05, 4.69) is 53.0 Å². The molecule has 142 valence electrons. The summed E-state index contributed by atoms with van der Waals surface area (Å²) in [6.07, 6.45) is 14.2. The van der Waals surface area contributed by atoms with Crippen LogP contribution in [0, 0.1) is 6.92 Å². The summed E-state index contributed by atoms with van der Waals surface area (Å²) in [6.45, 7) is 2.12. The monoisotopic (exact) mass is 357 g/mol. The third-order valence-corrected chi connectivity index (χ3v) is 4.91. The summed E-state index contributed by atoms with van der Waals surface area (Å²) >= 11 is 0. The van der Waals surface area contributed by atoms with E-state index in [0.717, 1.165) is 19.3 Å². The van der Waals surface area contributed by atoms with Crippen molar-refractivity contribution in [2.24, 2.45) is 0 Å². The molecule has 1 aromatic carbocycles. The first kappa shape index (κ1) is 20.2. The minimum atomic E-state index is -0.670. The SMILES string of the molecule is Cc1[nH]cc(CCCCCCCCCCCC(=O)O)[n+]1-c1ccccc1. The molecule has 0 aliphatic rings. The van der Waals surface area contributed by atoms with Crippen molar-refractivity contribution < 1.29 is 14.5 Å². The van der Waals surface area contributed by atoms with Crippen LogP contribution in [0.15, 0.2) is 36.5 Å². The molecular weight excluding hydrogens is 324 g/mol. The first-order valence-corrected chi connectivity index (χ1v) is 10.0. The maximum Gasteiger partial charge on any atom is 0.303 e. The third-order valence-electron chi connectivity index (χ3n) is 4.91. The molecule has 0 amide bonds. The second-order valence-corrected chi connectivity index (χ2v) is 7.11. The van der Waals surface area contributed by atoms with Gasteiger partial charge in [0, 0.05) is 19.8 Å². The summed E-state index contributed by atoms with van der Waals surface area (Å²) in [5.74, 6) is 0.505. The van der Waals surface area contributed by atoms with E-state index in [1.165, 1.54) is 62.2 Å². The van der Waals surface area contributed by atoms with Gasteiger partial charge in [-0.05, 0) is 25.0 Å². The smallest absolute Gasteiger partial charge is 0.303 e. The fourth-order valence-electron chi connectivity index (χ4n) is 3.47. The van der Waals surface area contributed by atoms with E-state index >= 15 is 0 Å². The van der Waals surface area contributed by atoms with E-state index in [1.54, 1.807) is 0 Å². The molecule has 4 heteroatoms. The molecule has 0 radical (unpaired) electrons. The molecule has 0 atom stereocenters. The number of hydrogen-bond acceptors (Lipinski definition) is 1. The van der Waals surface area contributed by atoms with Gasteiger partial charge >= 0.3 is 5.97 Å². The van der Waals surface area contributed by atoms with Gasteiger partial charge in [-0.1, -0.05) is 63.1 Å². The number of para-hydroxylation sites is 1. The highest BCUT2D eigenvalue weighted by molar-refractivity contribution is 5.66. The Morgan fingerprint density at radius 1 is 0.923 bits per heavy atom. The number of carboxylic acid groups (broad SMARTS) is 1. The van der Waals surface area contributed by atoms with Gasteiger partial charge in [0.1, 0.15) is 17.6 Å². The van der Waals surface area contributed by atoms with Crippen LogP contribution in [0.5, 0.6) is 0 Å². The van der Waals surface area contributed by atoms with E-state index in [9.17, 15) is 4.79 Å². The Balaban J connectivity index is 1.58. The largest absolute Gasteiger partial charge is 0.481 e. The Labute approximate surface area is 157 Å². The number of aryl methyl sites for hydroxylation is 2. The van der Waals surface area contributed by atoms with Gasteiger partial charge in [0.05, 0.1) is 0 Å². The molecule has 0 bridgehead atoms. The number of nitrogens with one attached hydrogen (secondary N) is 1. The number of carbonyl (C=O) groups is 1. The molecule has 0 saturated carbocycles. The van der Waals surface area contributed by atoms with Crippen LogP contribution in [-0.2, 0) is 11.2 Å². The van der Waals surface area contributed by atoms with Crippen molar-refractivity contribution in [3.05, 3.63) is 48.0 Å². The maximum absolute atomic E-state index is 10.4. The molecule has 1 aromatic heterocycles. The zero-order valence-electron chi connectivity index (χ0n) is 16.0. The zero-order chi connectivity index (χ0) is 18.6. The van der Waals surface area contributed by atoms with Crippen LogP contribution < -0.4 is 4.57 Å². The molecule has 0 fully saturated rings. The van der Waals surface area contributed by atoms with Crippen molar-refractivity contribution in [3.63, 3.8) is 0 Å². The Bertz CT molecular complexity index is 649. The lowest BCUT2D eigenvalue weighted by Gasteiger charge is -2.04. The first-order chi connectivity index (χ1) is 12.7. The summed E-state index contributed by atoms with van der Waals surface area (Å²) < 4.78 is 2.32. The van der Waals surface area contributed by atoms with E-state index < -0.39 is 5.97 Å². The Morgan fingerprint density at radius 3 is 2.12 bits per heavy atom. The van der Waals surface area contributed by atoms with Crippen LogP contribution in [0.1, 0.15) is 75.7 Å². The van der Waals surface area contributed by atoms with Crippen LogP contribution in [0.2, 0.25) is 0 Å². The van der Waals surface area contributed by atoms with Crippen molar-refractivity contribution in [1.82, 2.24) is 4.98 Å². The van der Waals surface area contributed by atoms with E-state index in [-0.39, 0.29) is 0 Å². The molecule has 0 spiro atoms. The number of unbranched alkanes of at least 4 members (excludes halogenated alkanes) is 8. The predicted molar refractivity (Wildman–Crippen MR) is 105 cm³/mol. The van der Waals surface area contributed by atoms with Crippen molar-refractivity contribution in [1.29, 1.82) is 0 Å². The van der Waals surface area contributed by atoms with Gasteiger partial charge in [-0.25, -0.2) is 4.98 Å². The van der Waals surface area contributed by atoms with Crippen molar-refractivity contribution in [3.8, 4) is 5.69 Å². The number of benzene rings is 1. The van der Waals surface area contributed by atoms with Crippen LogP contribution in [0.3, 0.4) is 0 Å². The molecule has 2 N–H and O–H groups in total. The summed E-state index contributed by atoms with van der Waals surface area (Å²) in [6, 6.07) is 10.5. The minimum Gasteiger partial charge on any atom is -0.481 e. The molecule has 0 unspecified atom stereocenters. The van der Waals surface area contributed by atoms with Crippen LogP contribution >= 0.6 is 0 Å². The Kier molecular flexibility index (Phi) is 8.94. The molecule has 4 nitrogen and oxygen atoms in total. The van der Waals surface area contributed by atoms with Gasteiger partial charge in [0.2, 0.25) is 0 Å². The van der Waals surface area contributed by atoms with Gasteiger partial charge in [-0.3, -0.25) is 4.79 Å². The van der Waals surface area contributed by atoms with Gasteiger partial charge in [0.15, 0.2) is 0 Å². The van der Waals surface area contributed by atoms with E-state index in [4.69, 9.17) is 5.11 Å². The zero-order valence-corrected chi connectivity index (χ0v) is 16.0. The number of aromatic amines is 1. The number of aliphatic carboxylic acids is 1. The predicted octanol–water partition coefficient (Wildman–Crippen LogP) is 5.13. The van der Waals surface area contributed by atoms with E-state index in [1.807, 2.05) is 0 Å². The first-order valence-electron chi connectivity index (χ1n) is 10.0. The number of nitrogens with zero attached hydrogens (tertiary/aromatic N) is 1. The lowest BCUT2D eigenvalue weighted by Crippen LogP contribution is -2.36. The second-order valence-electron chi connectivity index (χ2n) is 7.11. The number of aromatic nitrogens is 2. The topological polar surface area (TPSA) is 57.0 Å². The summed E-state index contributed by atoms with van der Waals surface area (Å²) in [4.78, 5) is 13.8. The summed E-state index contributed by atoms with van der Waals surface area (Å²) in [5, 5.41) is 8.60. The van der Waals surface area contributed by atoms with E-state index in [0.29, 0.717) is 6.42 Å². The Morgan fingerprint density at radius 2 is 1.50 bits per heavy atom. The fraction of sp³-hybridized carbons (Fsp3) is 0.545. The van der Waals surface area contributed by atoms with Crippen LogP contribution in [0.4, 0.5) is 0 Å². The highest BCUT2D eigenvalue weighted by atomic mass is 16.4. The van der Waals surface area contributed by atoms with Gasteiger partial charge in [-0.15, -0.1) is 0 Å². The summed E-state index contributed by atoms with van der Waals surface area (Å²) in [5.41, 5.74) is 2.58. The molecule has 0 aliphatic heterocycles. The molecule has 26 heavy (non-hydrogen) atoms. The van der Waals surface area contributed by atoms with Gasteiger partial charge < -0.3 is 5.11 Å². The molecular formula is C22H33N2O2+. The van der Waals surface area contributed by atoms with Crippen molar-refractivity contribution in [2.75, 3.05) is 0 Å². The molecule has 2 rings (SSSR count). The number of hydrogen-bond donors (Lipinski definition) is 2. The fourth-order valence-corrected chi connectivity index (χ4v) is 3.47. The molecule has 1 heterocycles. The standard InChI is InChI=1S/C22H32N2O2/c1-19-23-18-21(24(19)20-14-11-9-12-15-20)16-10-7-5-3-2-4-6-8-13-17-22(25)26/h9,11-12,14-15,18H,2-8,10,13,16-17H2,1H3,(H,25,26)/p+1. The minimum absolute atomic E-state index is 0.321. The normalized spacial score (nSPS) is 11.0. The van der Waals surface area contributed by atoms with Crippen LogP contribution in [-0.4, -0.2) is 16.1 Å². The highest BCUT2D eigenvalue weighted by Crippen LogP contribution is 2.12.